The third-order valence-corrected chi connectivity index (χ3v) is 5.72. The Hall–Kier alpha value is -3.90. The zero-order valence-electron chi connectivity index (χ0n) is 16.7. The molecule has 1 N–H and O–H groups in total. The van der Waals surface area contributed by atoms with Crippen LogP contribution in [0.2, 0.25) is 0 Å². The van der Waals surface area contributed by atoms with E-state index in [1.54, 1.807) is 13.8 Å². The van der Waals surface area contributed by atoms with Crippen molar-refractivity contribution in [3.63, 3.8) is 0 Å². The summed E-state index contributed by atoms with van der Waals surface area (Å²) in [6.07, 6.45) is 5.57. The second-order valence-corrected chi connectivity index (χ2v) is 8.13. The summed E-state index contributed by atoms with van der Waals surface area (Å²) in [6.45, 7) is 3.48. The number of benzene rings is 3. The van der Waals surface area contributed by atoms with Crippen molar-refractivity contribution in [1.29, 1.82) is 0 Å². The van der Waals surface area contributed by atoms with Crippen LogP contribution in [0.1, 0.15) is 30.5 Å². The van der Waals surface area contributed by atoms with Gasteiger partial charge < -0.3 is 5.32 Å². The molecular weight excluding hydrogens is 370 g/mol. The molecule has 3 aromatic carbocycles. The number of hydrogen-bond donors (Lipinski definition) is 1. The number of fused-ring (bicyclic) bond motifs is 3. The minimum atomic E-state index is -0.863. The minimum Gasteiger partial charge on any atom is -0.336 e. The number of Topliss-reactive ketones (excluding diaryl/α,β-unsaturated/α-hetero) is 1. The number of terminal acetylenes is 1. The Morgan fingerprint density at radius 1 is 0.867 bits per heavy atom. The smallest absolute Gasteiger partial charge is 0.257 e. The summed E-state index contributed by atoms with van der Waals surface area (Å²) in [4.78, 5) is 26.9. The lowest BCUT2D eigenvalue weighted by atomic mass is 9.95. The highest BCUT2D eigenvalue weighted by Gasteiger charge is 2.42. The molecule has 0 radical (unpaired) electrons. The van der Waals surface area contributed by atoms with Gasteiger partial charge >= 0.3 is 0 Å². The Labute approximate surface area is 175 Å². The largest absolute Gasteiger partial charge is 0.336 e. The van der Waals surface area contributed by atoms with Crippen molar-refractivity contribution in [3.8, 4) is 12.3 Å². The van der Waals surface area contributed by atoms with Crippen LogP contribution in [-0.2, 0) is 9.59 Å². The Morgan fingerprint density at radius 3 is 2.13 bits per heavy atom. The predicted octanol–water partition coefficient (Wildman–Crippen LogP) is 4.63. The van der Waals surface area contributed by atoms with Crippen LogP contribution in [0, 0.1) is 12.3 Å². The molecule has 2 aliphatic rings. The molecule has 0 spiro atoms. The standard InChI is InChI=1S/C27H19NO2/c1-4-27(2,3)28-26(30)24-23-19-15-9-13-16-12-8-14-18(20(16)19)22(23)21(25(24)29)17-10-6-5-7-11-17/h1,5-15H,2-3H3,(H,28,30). The first-order valence-corrected chi connectivity index (χ1v) is 9.85. The van der Waals surface area contributed by atoms with Gasteiger partial charge in [-0.3, -0.25) is 9.59 Å². The fourth-order valence-electron chi connectivity index (χ4n) is 4.38. The van der Waals surface area contributed by atoms with Gasteiger partial charge in [-0.25, -0.2) is 0 Å². The minimum absolute atomic E-state index is 0.163. The lowest BCUT2D eigenvalue weighted by Crippen LogP contribution is -2.43. The number of ketones is 1. The van der Waals surface area contributed by atoms with Crippen LogP contribution in [0.4, 0.5) is 0 Å². The van der Waals surface area contributed by atoms with Crippen LogP contribution in [0.3, 0.4) is 0 Å². The molecule has 0 saturated heterocycles. The maximum absolute atomic E-state index is 13.6. The molecule has 1 amide bonds. The summed E-state index contributed by atoms with van der Waals surface area (Å²) in [5, 5.41) is 5.00. The van der Waals surface area contributed by atoms with Gasteiger partial charge in [0.1, 0.15) is 0 Å². The molecule has 3 aromatic rings. The number of nitrogens with one attached hydrogen (secondary N) is 1. The van der Waals surface area contributed by atoms with E-state index in [2.05, 4.69) is 23.4 Å². The molecule has 0 atom stereocenters. The van der Waals surface area contributed by atoms with Crippen molar-refractivity contribution in [2.45, 2.75) is 19.4 Å². The van der Waals surface area contributed by atoms with Gasteiger partial charge in [0.15, 0.2) is 5.78 Å². The van der Waals surface area contributed by atoms with E-state index < -0.39 is 11.4 Å². The number of carbonyl (C=O) groups excluding carboxylic acids is 2. The molecule has 0 fully saturated rings. The van der Waals surface area contributed by atoms with E-state index in [1.165, 1.54) is 0 Å². The average Bonchev–Trinajstić information content (AvgIpc) is 3.22. The van der Waals surface area contributed by atoms with E-state index in [9.17, 15) is 9.59 Å². The van der Waals surface area contributed by atoms with Crippen LogP contribution in [0.25, 0.3) is 27.5 Å². The molecule has 30 heavy (non-hydrogen) atoms. The monoisotopic (exact) mass is 389 g/mol. The van der Waals surface area contributed by atoms with E-state index >= 15 is 0 Å². The van der Waals surface area contributed by atoms with E-state index in [-0.39, 0.29) is 11.4 Å². The van der Waals surface area contributed by atoms with Crippen molar-refractivity contribution in [2.24, 2.45) is 0 Å². The molecule has 0 aliphatic heterocycles. The topological polar surface area (TPSA) is 46.2 Å². The second kappa shape index (κ2) is 6.30. The first kappa shape index (κ1) is 18.1. The van der Waals surface area contributed by atoms with Crippen LogP contribution in [0.5, 0.6) is 0 Å². The van der Waals surface area contributed by atoms with E-state index in [0.717, 1.165) is 33.0 Å². The first-order valence-electron chi connectivity index (χ1n) is 9.85. The molecule has 3 nitrogen and oxygen atoms in total. The molecule has 0 bridgehead atoms. The van der Waals surface area contributed by atoms with Gasteiger partial charge in [0.05, 0.1) is 11.1 Å². The van der Waals surface area contributed by atoms with E-state index in [1.807, 2.05) is 54.6 Å². The first-order chi connectivity index (χ1) is 14.4. The second-order valence-electron chi connectivity index (χ2n) is 8.13. The third-order valence-electron chi connectivity index (χ3n) is 5.72. The number of hydrogen-bond acceptors (Lipinski definition) is 2. The maximum Gasteiger partial charge on any atom is 0.257 e. The molecule has 5 rings (SSSR count). The molecule has 0 aromatic heterocycles. The summed E-state index contributed by atoms with van der Waals surface area (Å²) in [7, 11) is 0. The van der Waals surface area contributed by atoms with E-state index in [0.29, 0.717) is 11.1 Å². The van der Waals surface area contributed by atoms with Gasteiger partial charge in [-0.05, 0) is 41.3 Å². The summed E-state index contributed by atoms with van der Waals surface area (Å²) in [6, 6.07) is 21.6. The Balaban J connectivity index is 1.82. The van der Waals surface area contributed by atoms with Crippen LogP contribution in [-0.4, -0.2) is 17.2 Å². The number of amides is 1. The Bertz CT molecular complexity index is 1360. The lowest BCUT2D eigenvalue weighted by molar-refractivity contribution is -0.121. The summed E-state index contributed by atoms with van der Waals surface area (Å²) >= 11 is 0. The van der Waals surface area contributed by atoms with Crippen LogP contribution >= 0.6 is 0 Å². The molecule has 144 valence electrons. The van der Waals surface area contributed by atoms with Gasteiger partial charge in [-0.15, -0.1) is 6.42 Å². The van der Waals surface area contributed by atoms with Crippen LogP contribution in [0.15, 0.2) is 72.3 Å². The van der Waals surface area contributed by atoms with Crippen molar-refractivity contribution >= 4 is 39.2 Å². The Morgan fingerprint density at radius 2 is 1.50 bits per heavy atom. The quantitative estimate of drug-likeness (QED) is 0.524. The van der Waals surface area contributed by atoms with Crippen LogP contribution < -0.4 is 5.32 Å². The molecule has 2 aliphatic carbocycles. The number of allylic oxidation sites excluding steroid dienone is 3. The summed E-state index contributed by atoms with van der Waals surface area (Å²) in [5.74, 6) is 1.87. The van der Waals surface area contributed by atoms with Crippen molar-refractivity contribution in [1.82, 2.24) is 5.32 Å². The zero-order valence-corrected chi connectivity index (χ0v) is 16.7. The summed E-state index contributed by atoms with van der Waals surface area (Å²) < 4.78 is 0. The fraction of sp³-hybridized carbons (Fsp3) is 0.111. The maximum atomic E-state index is 13.6. The average molecular weight is 389 g/mol. The fourth-order valence-corrected chi connectivity index (χ4v) is 4.38. The van der Waals surface area contributed by atoms with Crippen molar-refractivity contribution < 1.29 is 9.59 Å². The molecule has 0 heterocycles. The molecular formula is C27H19NO2. The highest BCUT2D eigenvalue weighted by molar-refractivity contribution is 6.56. The van der Waals surface area contributed by atoms with Crippen molar-refractivity contribution in [3.05, 3.63) is 89.0 Å². The van der Waals surface area contributed by atoms with Gasteiger partial charge in [-0.2, -0.15) is 0 Å². The van der Waals surface area contributed by atoms with Gasteiger partial charge in [0, 0.05) is 16.7 Å². The number of carbonyl (C=O) groups is 2. The van der Waals surface area contributed by atoms with Crippen molar-refractivity contribution in [2.75, 3.05) is 0 Å². The van der Waals surface area contributed by atoms with Gasteiger partial charge in [0.2, 0.25) is 0 Å². The highest BCUT2D eigenvalue weighted by atomic mass is 16.2. The summed E-state index contributed by atoms with van der Waals surface area (Å²) in [5.41, 5.74) is 4.12. The van der Waals surface area contributed by atoms with Gasteiger partial charge in [0.25, 0.3) is 5.91 Å². The lowest BCUT2D eigenvalue weighted by Gasteiger charge is -2.20. The normalized spacial score (nSPS) is 14.9. The SMILES string of the molecule is C#CC(C)(C)NC(=O)C1=C2C(=C(c3ccccc3)C1=O)c1cccc3cccc2c13. The molecule has 3 heteroatoms. The number of rotatable bonds is 3. The highest BCUT2D eigenvalue weighted by Crippen LogP contribution is 2.54. The molecule has 0 saturated carbocycles. The zero-order chi connectivity index (χ0) is 21.0. The van der Waals surface area contributed by atoms with E-state index in [4.69, 9.17) is 6.42 Å². The van der Waals surface area contributed by atoms with Gasteiger partial charge in [-0.1, -0.05) is 72.7 Å². The third kappa shape index (κ3) is 2.47. The predicted molar refractivity (Wildman–Crippen MR) is 120 cm³/mol. The molecule has 0 unspecified atom stereocenters. The Kier molecular flexibility index (Phi) is 3.81.